The Morgan fingerprint density at radius 2 is 2.21 bits per heavy atom. The Morgan fingerprint density at radius 3 is 2.75 bits per heavy atom. The number of urea groups is 1. The van der Waals surface area contributed by atoms with Crippen LogP contribution in [0.2, 0.25) is 0 Å². The Bertz CT molecular complexity index is 704. The summed E-state index contributed by atoms with van der Waals surface area (Å²) in [5, 5.41) is 13.5. The van der Waals surface area contributed by atoms with E-state index in [1.807, 2.05) is 0 Å². The number of carboxylic acids is 1. The van der Waals surface area contributed by atoms with E-state index in [0.29, 0.717) is 13.0 Å². The first kappa shape index (κ1) is 18.7. The number of amides is 2. The minimum absolute atomic E-state index is 0.135. The van der Waals surface area contributed by atoms with Crippen LogP contribution < -0.4 is 5.32 Å². The highest BCUT2D eigenvalue weighted by atomic mass is 32.2. The van der Waals surface area contributed by atoms with Crippen LogP contribution in [0.3, 0.4) is 0 Å². The van der Waals surface area contributed by atoms with Crippen molar-refractivity contribution in [3.05, 3.63) is 17.5 Å². The second-order valence-electron chi connectivity index (χ2n) is 6.03. The molecule has 134 valence electrons. The highest BCUT2D eigenvalue weighted by Gasteiger charge is 2.42. The number of sulfonamides is 1. The predicted molar refractivity (Wildman–Crippen MR) is 89.5 cm³/mol. The molecule has 0 bridgehead atoms. The molecule has 1 aliphatic heterocycles. The van der Waals surface area contributed by atoms with E-state index in [2.05, 4.69) is 5.32 Å². The summed E-state index contributed by atoms with van der Waals surface area (Å²) in [6.07, 6.45) is 0.405. The fourth-order valence-electron chi connectivity index (χ4n) is 2.43. The second-order valence-corrected chi connectivity index (χ2v) is 9.25. The van der Waals surface area contributed by atoms with Crippen molar-refractivity contribution in [3.8, 4) is 0 Å². The number of carbonyl (C=O) groups is 2. The first-order valence-corrected chi connectivity index (χ1v) is 9.75. The number of carbonyl (C=O) groups excluding carboxylic acids is 1. The molecule has 2 amide bonds. The number of likely N-dealkylation sites (N-methyl/N-ethyl adjacent to an activating group) is 1. The predicted octanol–water partition coefficient (Wildman–Crippen LogP) is 0.875. The van der Waals surface area contributed by atoms with Gasteiger partial charge in [0.25, 0.3) is 10.0 Å². The Hall–Kier alpha value is -1.65. The number of carboxylic acid groups (broad SMARTS) is 1. The van der Waals surface area contributed by atoms with Gasteiger partial charge in [0.2, 0.25) is 0 Å². The summed E-state index contributed by atoms with van der Waals surface area (Å²) in [7, 11) is -2.08. The normalized spacial score (nSPS) is 21.2. The van der Waals surface area contributed by atoms with Gasteiger partial charge in [-0.2, -0.15) is 4.31 Å². The van der Waals surface area contributed by atoms with Crippen molar-refractivity contribution in [1.82, 2.24) is 14.5 Å². The number of hydrogen-bond acceptors (Lipinski definition) is 5. The molecule has 1 aromatic rings. The number of hydrogen-bond donors (Lipinski definition) is 2. The summed E-state index contributed by atoms with van der Waals surface area (Å²) < 4.78 is 25.9. The number of nitrogens with zero attached hydrogens (tertiary/aromatic N) is 2. The third kappa shape index (κ3) is 3.87. The second kappa shape index (κ2) is 7.08. The minimum atomic E-state index is -3.53. The topological polar surface area (TPSA) is 107 Å². The van der Waals surface area contributed by atoms with Gasteiger partial charge in [-0.3, -0.25) is 4.79 Å². The van der Waals surface area contributed by atoms with Crippen molar-refractivity contribution in [1.29, 1.82) is 0 Å². The molecule has 2 N–H and O–H groups in total. The highest BCUT2D eigenvalue weighted by Crippen LogP contribution is 2.29. The van der Waals surface area contributed by atoms with E-state index >= 15 is 0 Å². The number of aliphatic carboxylic acids is 1. The number of likely N-dealkylation sites (tertiary alicyclic amines) is 1. The van der Waals surface area contributed by atoms with Crippen LogP contribution in [-0.2, 0) is 14.8 Å². The van der Waals surface area contributed by atoms with Gasteiger partial charge in [-0.1, -0.05) is 6.07 Å². The van der Waals surface area contributed by atoms with Gasteiger partial charge in [-0.15, -0.1) is 11.3 Å². The lowest BCUT2D eigenvalue weighted by Gasteiger charge is -2.21. The molecule has 1 unspecified atom stereocenters. The van der Waals surface area contributed by atoms with Gasteiger partial charge >= 0.3 is 12.0 Å². The van der Waals surface area contributed by atoms with Gasteiger partial charge in [0.1, 0.15) is 4.21 Å². The van der Waals surface area contributed by atoms with Gasteiger partial charge in [0.15, 0.2) is 0 Å². The molecule has 8 nitrogen and oxygen atoms in total. The van der Waals surface area contributed by atoms with Crippen molar-refractivity contribution in [2.75, 3.05) is 33.2 Å². The number of rotatable bonds is 6. The number of thiophene rings is 1. The van der Waals surface area contributed by atoms with E-state index in [4.69, 9.17) is 0 Å². The molecule has 1 fully saturated rings. The maximum absolute atomic E-state index is 12.2. The van der Waals surface area contributed by atoms with Crippen LogP contribution in [0.15, 0.2) is 21.7 Å². The summed E-state index contributed by atoms with van der Waals surface area (Å²) in [5.74, 6) is -0.917. The average Bonchev–Trinajstić information content (AvgIpc) is 3.17. The van der Waals surface area contributed by atoms with Gasteiger partial charge < -0.3 is 15.3 Å². The van der Waals surface area contributed by atoms with E-state index in [9.17, 15) is 23.1 Å². The molecule has 0 aromatic carbocycles. The van der Waals surface area contributed by atoms with Gasteiger partial charge in [0, 0.05) is 33.2 Å². The molecule has 1 aliphatic rings. The summed E-state index contributed by atoms with van der Waals surface area (Å²) in [6, 6.07) is 2.83. The maximum Gasteiger partial charge on any atom is 0.317 e. The Morgan fingerprint density at radius 1 is 1.50 bits per heavy atom. The van der Waals surface area contributed by atoms with E-state index in [1.54, 1.807) is 18.4 Å². The smallest absolute Gasteiger partial charge is 0.317 e. The maximum atomic E-state index is 12.2. The molecule has 1 atom stereocenters. The molecule has 0 spiro atoms. The Kier molecular flexibility index (Phi) is 5.51. The zero-order valence-electron chi connectivity index (χ0n) is 13.6. The monoisotopic (exact) mass is 375 g/mol. The fraction of sp³-hybridized carbons (Fsp3) is 0.571. The third-order valence-corrected chi connectivity index (χ3v) is 7.37. The third-order valence-electron chi connectivity index (χ3n) is 4.14. The molecule has 0 saturated carbocycles. The van der Waals surface area contributed by atoms with E-state index in [1.165, 1.54) is 22.3 Å². The summed E-state index contributed by atoms with van der Waals surface area (Å²) in [5.41, 5.74) is -0.920. The summed E-state index contributed by atoms with van der Waals surface area (Å²) in [4.78, 5) is 24.7. The van der Waals surface area contributed by atoms with Crippen LogP contribution in [0.25, 0.3) is 0 Å². The lowest BCUT2D eigenvalue weighted by molar-refractivity contribution is -0.147. The van der Waals surface area contributed by atoms with Crippen molar-refractivity contribution in [2.45, 2.75) is 17.6 Å². The van der Waals surface area contributed by atoms with Gasteiger partial charge in [-0.25, -0.2) is 13.2 Å². The molecule has 10 heteroatoms. The van der Waals surface area contributed by atoms with Crippen LogP contribution in [0.5, 0.6) is 0 Å². The van der Waals surface area contributed by atoms with Crippen LogP contribution in [0, 0.1) is 5.41 Å². The van der Waals surface area contributed by atoms with Crippen molar-refractivity contribution in [3.63, 3.8) is 0 Å². The quantitative estimate of drug-likeness (QED) is 0.767. The van der Waals surface area contributed by atoms with Crippen LogP contribution in [0.1, 0.15) is 13.3 Å². The van der Waals surface area contributed by atoms with Crippen LogP contribution in [-0.4, -0.2) is 68.0 Å². The first-order chi connectivity index (χ1) is 11.2. The largest absolute Gasteiger partial charge is 0.481 e. The van der Waals surface area contributed by atoms with E-state index in [-0.39, 0.29) is 29.9 Å². The molecule has 2 heterocycles. The molecule has 1 aromatic heterocycles. The van der Waals surface area contributed by atoms with Gasteiger partial charge in [-0.05, 0) is 24.8 Å². The van der Waals surface area contributed by atoms with Crippen molar-refractivity contribution in [2.24, 2.45) is 5.41 Å². The summed E-state index contributed by atoms with van der Waals surface area (Å²) >= 11 is 1.14. The lowest BCUT2D eigenvalue weighted by Crippen LogP contribution is -2.43. The first-order valence-electron chi connectivity index (χ1n) is 7.43. The minimum Gasteiger partial charge on any atom is -0.481 e. The Labute approximate surface area is 145 Å². The Balaban J connectivity index is 1.82. The SMILES string of the molecule is CN(CCNC(=O)N1CCC(C)(C(=O)O)C1)S(=O)(=O)c1cccs1. The fourth-order valence-corrected chi connectivity index (χ4v) is 4.80. The molecule has 1 saturated heterocycles. The molecule has 0 aliphatic carbocycles. The molecule has 24 heavy (non-hydrogen) atoms. The van der Waals surface area contributed by atoms with Crippen molar-refractivity contribution < 1.29 is 23.1 Å². The average molecular weight is 375 g/mol. The molecular formula is C14H21N3O5S2. The molecule has 0 radical (unpaired) electrons. The summed E-state index contributed by atoms with van der Waals surface area (Å²) in [6.45, 7) is 2.43. The van der Waals surface area contributed by atoms with E-state index < -0.39 is 21.4 Å². The van der Waals surface area contributed by atoms with E-state index in [0.717, 1.165) is 11.3 Å². The zero-order valence-corrected chi connectivity index (χ0v) is 15.2. The molecular weight excluding hydrogens is 354 g/mol. The highest BCUT2D eigenvalue weighted by molar-refractivity contribution is 7.91. The van der Waals surface area contributed by atoms with Crippen LogP contribution >= 0.6 is 11.3 Å². The zero-order chi connectivity index (χ0) is 18.0. The molecule has 2 rings (SSSR count). The van der Waals surface area contributed by atoms with Crippen molar-refractivity contribution >= 4 is 33.4 Å². The van der Waals surface area contributed by atoms with Crippen LogP contribution in [0.4, 0.5) is 4.79 Å². The van der Waals surface area contributed by atoms with Gasteiger partial charge in [0.05, 0.1) is 5.41 Å². The number of nitrogens with one attached hydrogen (secondary N) is 1. The standard InChI is InChI=1S/C14H21N3O5S2/c1-14(12(18)19)5-7-17(10-14)13(20)15-6-8-16(2)24(21,22)11-4-3-9-23-11/h3-4,9H,5-8,10H2,1-2H3,(H,15,20)(H,18,19). The lowest BCUT2D eigenvalue weighted by atomic mass is 9.90.